The van der Waals surface area contributed by atoms with Crippen molar-refractivity contribution in [2.75, 3.05) is 13.2 Å². The summed E-state index contributed by atoms with van der Waals surface area (Å²) in [5.74, 6) is 0.465. The van der Waals surface area contributed by atoms with Crippen molar-refractivity contribution < 1.29 is 23.0 Å². The zero-order valence-electron chi connectivity index (χ0n) is 10.2. The van der Waals surface area contributed by atoms with Crippen molar-refractivity contribution >= 4 is 0 Å². The molecular weight excluding hydrogens is 249 g/mol. The molecule has 1 N–H and O–H groups in total. The molecule has 18 heavy (non-hydrogen) atoms. The van der Waals surface area contributed by atoms with Crippen molar-refractivity contribution in [2.45, 2.75) is 38.6 Å². The number of hydrogen-bond acceptors (Lipinski definition) is 3. The van der Waals surface area contributed by atoms with E-state index in [1.165, 1.54) is 0 Å². The second-order valence-corrected chi connectivity index (χ2v) is 3.95. The molecule has 104 valence electrons. The minimum atomic E-state index is -4.33. The van der Waals surface area contributed by atoms with Crippen molar-refractivity contribution in [3.63, 3.8) is 0 Å². The van der Waals surface area contributed by atoms with E-state index in [4.69, 9.17) is 0 Å². The van der Waals surface area contributed by atoms with Gasteiger partial charge in [-0.2, -0.15) is 13.2 Å². The van der Waals surface area contributed by atoms with Crippen LogP contribution in [0.3, 0.4) is 0 Å². The summed E-state index contributed by atoms with van der Waals surface area (Å²) >= 11 is 0. The first-order valence-corrected chi connectivity index (χ1v) is 5.77. The molecule has 1 rings (SSSR count). The largest absolute Gasteiger partial charge is 0.411 e. The normalized spacial score (nSPS) is 13.8. The lowest BCUT2D eigenvalue weighted by Crippen LogP contribution is -2.18. The Bertz CT molecular complexity index is 352. The summed E-state index contributed by atoms with van der Waals surface area (Å²) in [6, 6.07) is 0. The van der Waals surface area contributed by atoms with E-state index >= 15 is 0 Å². The van der Waals surface area contributed by atoms with Gasteiger partial charge in [0.2, 0.25) is 0 Å². The summed E-state index contributed by atoms with van der Waals surface area (Å²) in [4.78, 5) is 4.00. The fraction of sp³-hybridized carbons (Fsp3) is 0.727. The molecule has 0 amide bonds. The van der Waals surface area contributed by atoms with E-state index in [1.54, 1.807) is 17.0 Å². The number of nitrogens with zero attached hydrogens (tertiary/aromatic N) is 2. The van der Waals surface area contributed by atoms with Crippen LogP contribution in [0, 0.1) is 0 Å². The van der Waals surface area contributed by atoms with Gasteiger partial charge in [-0.15, -0.1) is 0 Å². The Morgan fingerprint density at radius 2 is 2.22 bits per heavy atom. The SMILES string of the molecule is CCCn1ccnc1C(O)CCOCC(F)(F)F. The molecular formula is C11H17F3N2O2. The number of ether oxygens (including phenoxy) is 1. The van der Waals surface area contributed by atoms with E-state index in [2.05, 4.69) is 9.72 Å². The minimum absolute atomic E-state index is 0.0941. The number of aliphatic hydroxyl groups excluding tert-OH is 1. The third kappa shape index (κ3) is 5.05. The smallest absolute Gasteiger partial charge is 0.385 e. The monoisotopic (exact) mass is 266 g/mol. The molecule has 0 aliphatic heterocycles. The Morgan fingerprint density at radius 1 is 1.50 bits per heavy atom. The number of aryl methyl sites for hydroxylation is 1. The van der Waals surface area contributed by atoms with Crippen molar-refractivity contribution in [1.82, 2.24) is 9.55 Å². The first kappa shape index (κ1) is 15.0. The number of hydrogen-bond donors (Lipinski definition) is 1. The summed E-state index contributed by atoms with van der Waals surface area (Å²) in [6.45, 7) is 1.27. The van der Waals surface area contributed by atoms with Crippen molar-refractivity contribution in [2.24, 2.45) is 0 Å². The van der Waals surface area contributed by atoms with E-state index < -0.39 is 18.9 Å². The summed E-state index contributed by atoms with van der Waals surface area (Å²) in [7, 11) is 0. The molecule has 1 heterocycles. The van der Waals surface area contributed by atoms with Crippen LogP contribution in [0.1, 0.15) is 31.7 Å². The zero-order valence-corrected chi connectivity index (χ0v) is 10.2. The topological polar surface area (TPSA) is 47.3 Å². The summed E-state index contributed by atoms with van der Waals surface area (Å²) in [5, 5.41) is 9.80. The highest BCUT2D eigenvalue weighted by Crippen LogP contribution is 2.17. The highest BCUT2D eigenvalue weighted by molar-refractivity contribution is 4.96. The second kappa shape index (κ2) is 6.75. The molecule has 0 spiro atoms. The molecule has 1 aromatic heterocycles. The fourth-order valence-electron chi connectivity index (χ4n) is 1.56. The maximum atomic E-state index is 11.8. The fourth-order valence-corrected chi connectivity index (χ4v) is 1.56. The van der Waals surface area contributed by atoms with Gasteiger partial charge in [0.15, 0.2) is 0 Å². The highest BCUT2D eigenvalue weighted by atomic mass is 19.4. The third-order valence-corrected chi connectivity index (χ3v) is 2.31. The first-order chi connectivity index (χ1) is 8.44. The average molecular weight is 266 g/mol. The molecule has 1 unspecified atom stereocenters. The zero-order chi connectivity index (χ0) is 13.6. The molecule has 0 aliphatic rings. The summed E-state index contributed by atoms with van der Waals surface area (Å²) in [5.41, 5.74) is 0. The van der Waals surface area contributed by atoms with Gasteiger partial charge in [0, 0.05) is 32.0 Å². The number of alkyl halides is 3. The lowest BCUT2D eigenvalue weighted by molar-refractivity contribution is -0.175. The van der Waals surface area contributed by atoms with E-state index in [0.717, 1.165) is 13.0 Å². The molecule has 0 aliphatic carbocycles. The van der Waals surface area contributed by atoms with Gasteiger partial charge in [-0.05, 0) is 6.42 Å². The maximum absolute atomic E-state index is 11.8. The van der Waals surface area contributed by atoms with Gasteiger partial charge in [-0.25, -0.2) is 4.98 Å². The molecule has 0 saturated carbocycles. The van der Waals surface area contributed by atoms with E-state index in [0.29, 0.717) is 5.82 Å². The standard InChI is InChI=1S/C11H17F3N2O2/c1-2-5-16-6-4-15-10(16)9(17)3-7-18-8-11(12,13)14/h4,6,9,17H,2-3,5,7-8H2,1H3. The Labute approximate surface area is 103 Å². The van der Waals surface area contributed by atoms with Crippen LogP contribution in [0.5, 0.6) is 0 Å². The lowest BCUT2D eigenvalue weighted by atomic mass is 10.2. The molecule has 0 bridgehead atoms. The summed E-state index contributed by atoms with van der Waals surface area (Å²) in [6.07, 6.45) is -0.952. The van der Waals surface area contributed by atoms with Crippen LogP contribution in [0.2, 0.25) is 0 Å². The molecule has 0 saturated heterocycles. The first-order valence-electron chi connectivity index (χ1n) is 5.77. The van der Waals surface area contributed by atoms with Crippen LogP contribution < -0.4 is 0 Å². The van der Waals surface area contributed by atoms with Crippen LogP contribution in [0.4, 0.5) is 13.2 Å². The molecule has 0 aromatic carbocycles. The van der Waals surface area contributed by atoms with Gasteiger partial charge >= 0.3 is 6.18 Å². The highest BCUT2D eigenvalue weighted by Gasteiger charge is 2.27. The van der Waals surface area contributed by atoms with Gasteiger partial charge in [-0.1, -0.05) is 6.92 Å². The number of rotatable bonds is 7. The van der Waals surface area contributed by atoms with Crippen molar-refractivity contribution in [3.8, 4) is 0 Å². The van der Waals surface area contributed by atoms with Gasteiger partial charge in [0.25, 0.3) is 0 Å². The predicted molar refractivity (Wildman–Crippen MR) is 59.0 cm³/mol. The van der Waals surface area contributed by atoms with Gasteiger partial charge < -0.3 is 14.4 Å². The lowest BCUT2D eigenvalue weighted by Gasteiger charge is -2.13. The Kier molecular flexibility index (Phi) is 5.61. The van der Waals surface area contributed by atoms with Crippen LogP contribution in [-0.4, -0.2) is 34.0 Å². The van der Waals surface area contributed by atoms with Crippen molar-refractivity contribution in [1.29, 1.82) is 0 Å². The maximum Gasteiger partial charge on any atom is 0.411 e. The molecule has 0 radical (unpaired) electrons. The Hall–Kier alpha value is -1.08. The number of halogens is 3. The van der Waals surface area contributed by atoms with Gasteiger partial charge in [0.05, 0.1) is 0 Å². The minimum Gasteiger partial charge on any atom is -0.385 e. The molecule has 4 nitrogen and oxygen atoms in total. The van der Waals surface area contributed by atoms with Crippen molar-refractivity contribution in [3.05, 3.63) is 18.2 Å². The van der Waals surface area contributed by atoms with E-state index in [9.17, 15) is 18.3 Å². The molecule has 1 aromatic rings. The van der Waals surface area contributed by atoms with E-state index in [1.807, 2.05) is 6.92 Å². The summed E-state index contributed by atoms with van der Waals surface area (Å²) < 4.78 is 41.7. The third-order valence-electron chi connectivity index (χ3n) is 2.31. The molecule has 1 atom stereocenters. The van der Waals surface area contributed by atoms with Crippen LogP contribution in [0.25, 0.3) is 0 Å². The Morgan fingerprint density at radius 3 is 2.83 bits per heavy atom. The second-order valence-electron chi connectivity index (χ2n) is 3.95. The van der Waals surface area contributed by atoms with Crippen LogP contribution in [-0.2, 0) is 11.3 Å². The van der Waals surface area contributed by atoms with Crippen LogP contribution in [0.15, 0.2) is 12.4 Å². The number of aliphatic hydroxyl groups is 1. The predicted octanol–water partition coefficient (Wildman–Crippen LogP) is 2.30. The average Bonchev–Trinajstić information content (AvgIpc) is 2.71. The Balaban J connectivity index is 2.36. The number of aromatic nitrogens is 2. The van der Waals surface area contributed by atoms with Crippen LogP contribution >= 0.6 is 0 Å². The molecule has 7 heteroatoms. The van der Waals surface area contributed by atoms with Gasteiger partial charge in [0.1, 0.15) is 18.5 Å². The number of imidazole rings is 1. The van der Waals surface area contributed by atoms with E-state index in [-0.39, 0.29) is 13.0 Å². The van der Waals surface area contributed by atoms with Gasteiger partial charge in [-0.3, -0.25) is 0 Å². The molecule has 0 fully saturated rings. The quantitative estimate of drug-likeness (QED) is 0.770.